The normalized spacial score (nSPS) is 3.43. The topological polar surface area (TPSA) is 80.3 Å². The molecule has 5 heteroatoms. The summed E-state index contributed by atoms with van der Waals surface area (Å²) in [4.78, 5) is 16.5. The van der Waals surface area contributed by atoms with E-state index < -0.39 is 12.9 Å². The molecule has 0 amide bonds. The first kappa shape index (κ1) is 16.1. The molecule has 0 aromatic rings. The van der Waals surface area contributed by atoms with Crippen LogP contribution in [0.15, 0.2) is 0 Å². The van der Waals surface area contributed by atoms with Gasteiger partial charge >= 0.3 is 17.6 Å². The van der Waals surface area contributed by atoms with E-state index in [-0.39, 0.29) is 17.6 Å². The van der Waals surface area contributed by atoms with E-state index in [2.05, 4.69) is 0 Å². The molecular formula is C2H4GeO4. The molecule has 0 unspecified atom stereocenters. The molecule has 7 heavy (non-hydrogen) atoms. The van der Waals surface area contributed by atoms with Gasteiger partial charge in [-0.25, -0.2) is 0 Å². The summed E-state index contributed by atoms with van der Waals surface area (Å²) >= 11 is 0. The van der Waals surface area contributed by atoms with E-state index in [1.807, 2.05) is 0 Å². The number of carboxylic acid groups (broad SMARTS) is 2. The van der Waals surface area contributed by atoms with Crippen molar-refractivity contribution in [2.75, 3.05) is 0 Å². The molecule has 0 spiro atoms. The fourth-order valence-electron chi connectivity index (χ4n) is 0. The van der Waals surface area contributed by atoms with Gasteiger partial charge in [-0.1, -0.05) is 0 Å². The molecule has 0 aromatic carbocycles. The van der Waals surface area contributed by atoms with E-state index in [0.717, 1.165) is 0 Å². The molecule has 40 valence electrons. The van der Waals surface area contributed by atoms with Crippen molar-refractivity contribution in [1.82, 2.24) is 0 Å². The van der Waals surface area contributed by atoms with Gasteiger partial charge in [-0.2, -0.15) is 0 Å². The van der Waals surface area contributed by atoms with Crippen LogP contribution in [0.2, 0.25) is 0 Å². The summed E-state index contributed by atoms with van der Waals surface area (Å²) in [6.07, 6.45) is 0. The fourth-order valence-corrected chi connectivity index (χ4v) is 0. The van der Waals surface area contributed by atoms with Gasteiger partial charge in [0.2, 0.25) is 0 Å². The van der Waals surface area contributed by atoms with Crippen LogP contribution in [0, 0.1) is 0 Å². The van der Waals surface area contributed by atoms with E-state index in [4.69, 9.17) is 19.8 Å². The predicted octanol–water partition coefficient (Wildman–Crippen LogP) is -4.18. The average Bonchev–Trinajstić information content (AvgIpc) is 1.39. The Balaban J connectivity index is -0.0000000400. The second kappa shape index (κ2) is 50.1. The zero-order chi connectivity index (χ0) is 5.41. The molecule has 0 aliphatic heterocycles. The minimum absolute atomic E-state index is 0. The Labute approximate surface area is 51.1 Å². The van der Waals surface area contributed by atoms with E-state index in [0.29, 0.717) is 0 Å². The van der Waals surface area contributed by atoms with Crippen molar-refractivity contribution in [2.24, 2.45) is 0 Å². The van der Waals surface area contributed by atoms with Gasteiger partial charge in [-0.15, -0.1) is 0 Å². The molecule has 0 rings (SSSR count). The Hall–Kier alpha value is -0.517. The summed E-state index contributed by atoms with van der Waals surface area (Å²) in [5.41, 5.74) is 0. The van der Waals surface area contributed by atoms with Gasteiger partial charge in [0.05, 0.1) is 0 Å². The van der Waals surface area contributed by atoms with Crippen LogP contribution in [0.3, 0.4) is 0 Å². The van der Waals surface area contributed by atoms with Crippen molar-refractivity contribution in [3.63, 3.8) is 0 Å². The van der Waals surface area contributed by atoms with Gasteiger partial charge in [-0.05, 0) is 0 Å². The van der Waals surface area contributed by atoms with Crippen LogP contribution in [0.1, 0.15) is 0 Å². The SMILES string of the molecule is O=C[O-].O=C[O-].[GeH2+2]. The third-order valence-corrected chi connectivity index (χ3v) is 0. The molecule has 4 nitrogen and oxygen atoms in total. The van der Waals surface area contributed by atoms with Crippen molar-refractivity contribution < 1.29 is 19.8 Å². The summed E-state index contributed by atoms with van der Waals surface area (Å²) in [6, 6.07) is 0. The van der Waals surface area contributed by atoms with Crippen molar-refractivity contribution in [1.29, 1.82) is 0 Å². The Bertz CT molecular complexity index is 30.7. The van der Waals surface area contributed by atoms with Crippen LogP contribution in [-0.4, -0.2) is 30.5 Å². The number of hydrogen-bond donors (Lipinski definition) is 0. The van der Waals surface area contributed by atoms with Crippen LogP contribution < -0.4 is 10.2 Å². The van der Waals surface area contributed by atoms with Gasteiger partial charge in [-0.3, -0.25) is 0 Å². The molecule has 0 heterocycles. The Kier molecular flexibility index (Phi) is 115. The van der Waals surface area contributed by atoms with Gasteiger partial charge in [0.1, 0.15) is 0 Å². The van der Waals surface area contributed by atoms with Crippen LogP contribution in [0.25, 0.3) is 0 Å². The van der Waals surface area contributed by atoms with Crippen molar-refractivity contribution in [2.45, 2.75) is 0 Å². The van der Waals surface area contributed by atoms with Crippen LogP contribution in [-0.2, 0) is 9.59 Å². The monoisotopic (exact) mass is 166 g/mol. The molecule has 0 fully saturated rings. The first-order valence-corrected chi connectivity index (χ1v) is 0.943. The molecule has 0 aromatic heterocycles. The van der Waals surface area contributed by atoms with Crippen LogP contribution in [0.4, 0.5) is 0 Å². The molecule has 0 aliphatic rings. The Morgan fingerprint density at radius 2 is 1.00 bits per heavy atom. The summed E-state index contributed by atoms with van der Waals surface area (Å²) in [7, 11) is 0. The van der Waals surface area contributed by atoms with Crippen LogP contribution >= 0.6 is 0 Å². The van der Waals surface area contributed by atoms with Gasteiger partial charge < -0.3 is 19.8 Å². The standard InChI is InChI=1S/2CH2O2.GeH2/c2*2-1-3;/h2*1H,(H,2,3);1H2/q;;+2/p-2. The summed E-state index contributed by atoms with van der Waals surface area (Å²) in [6.45, 7) is -1.00. The third-order valence-electron chi connectivity index (χ3n) is 0. The van der Waals surface area contributed by atoms with E-state index in [1.165, 1.54) is 0 Å². The fraction of sp³-hybridized carbons (Fsp3) is 0. The van der Waals surface area contributed by atoms with E-state index >= 15 is 0 Å². The number of carbonyl (C=O) groups is 2. The maximum atomic E-state index is 8.25. The van der Waals surface area contributed by atoms with Crippen LogP contribution in [0.5, 0.6) is 0 Å². The molecule has 0 saturated heterocycles. The quantitative estimate of drug-likeness (QED) is 0.269. The minimum atomic E-state index is -0.500. The summed E-state index contributed by atoms with van der Waals surface area (Å²) in [5, 5.41) is 16.5. The number of rotatable bonds is 0. The second-order valence-corrected chi connectivity index (χ2v) is 0.192. The van der Waals surface area contributed by atoms with E-state index in [9.17, 15) is 0 Å². The maximum absolute atomic E-state index is 8.25. The Morgan fingerprint density at radius 3 is 1.00 bits per heavy atom. The molecule has 0 atom stereocenters. The van der Waals surface area contributed by atoms with Crippen molar-refractivity contribution in [3.8, 4) is 0 Å². The van der Waals surface area contributed by atoms with Gasteiger partial charge in [0, 0.05) is 12.9 Å². The number of hydrogen-bond acceptors (Lipinski definition) is 4. The molecule has 0 aliphatic carbocycles. The zero-order valence-electron chi connectivity index (χ0n) is 3.49. The number of carbonyl (C=O) groups excluding carboxylic acids is 2. The Morgan fingerprint density at radius 1 is 1.00 bits per heavy atom. The summed E-state index contributed by atoms with van der Waals surface area (Å²) in [5.74, 6) is 0. The molecule has 0 bridgehead atoms. The molecule has 0 radical (unpaired) electrons. The van der Waals surface area contributed by atoms with E-state index in [1.54, 1.807) is 0 Å². The van der Waals surface area contributed by atoms with Gasteiger partial charge in [0.25, 0.3) is 0 Å². The van der Waals surface area contributed by atoms with Crippen molar-refractivity contribution >= 4 is 30.5 Å². The third kappa shape index (κ3) is 249. The molecule has 0 saturated carbocycles. The zero-order valence-corrected chi connectivity index (χ0v) is 6.46. The van der Waals surface area contributed by atoms with Crippen molar-refractivity contribution in [3.05, 3.63) is 0 Å². The second-order valence-electron chi connectivity index (χ2n) is 0.192. The van der Waals surface area contributed by atoms with Gasteiger partial charge in [0.15, 0.2) is 0 Å². The predicted molar refractivity (Wildman–Crippen MR) is 20.7 cm³/mol. The average molecular weight is 165 g/mol. The molecule has 0 N–H and O–H groups in total. The first-order chi connectivity index (χ1) is 2.83. The summed E-state index contributed by atoms with van der Waals surface area (Å²) < 4.78 is 0. The molecular weight excluding hydrogens is 161 g/mol. The first-order valence-electron chi connectivity index (χ1n) is 0.943.